The molecule has 0 amide bonds. The van der Waals surface area contributed by atoms with Crippen LogP contribution in [0, 0.1) is 11.7 Å². The molecule has 1 aliphatic rings. The number of fused-ring (bicyclic) bond motifs is 1. The van der Waals surface area contributed by atoms with Crippen LogP contribution in [0.25, 0.3) is 10.8 Å². The van der Waals surface area contributed by atoms with Gasteiger partial charge >= 0.3 is 0 Å². The molecule has 1 saturated carbocycles. The van der Waals surface area contributed by atoms with Gasteiger partial charge in [0.05, 0.1) is 0 Å². The molecule has 0 spiro atoms. The van der Waals surface area contributed by atoms with Gasteiger partial charge < -0.3 is 0 Å². The molecule has 31 heavy (non-hydrogen) atoms. The Bertz CT molecular complexity index is 984. The summed E-state index contributed by atoms with van der Waals surface area (Å²) in [6, 6.07) is 18.3. The van der Waals surface area contributed by atoms with Crippen molar-refractivity contribution >= 4 is 22.4 Å². The van der Waals surface area contributed by atoms with E-state index in [4.69, 9.17) is 11.6 Å². The normalized spacial score (nSPS) is 19.1. The van der Waals surface area contributed by atoms with E-state index in [0.29, 0.717) is 12.3 Å². The molecule has 3 aromatic carbocycles. The SMILES string of the molecule is CCCCCC1CCC(c2ccc3c(F)c(CCc4ccc(Cl)cc4)ccc3c2)CC1. The van der Waals surface area contributed by atoms with E-state index >= 15 is 4.39 Å². The van der Waals surface area contributed by atoms with Crippen LogP contribution in [0.1, 0.15) is 80.9 Å². The van der Waals surface area contributed by atoms with Crippen molar-refractivity contribution in [2.24, 2.45) is 5.92 Å². The molecule has 0 heterocycles. The quantitative estimate of drug-likeness (QED) is 0.308. The molecular formula is C29H34ClF. The lowest BCUT2D eigenvalue weighted by molar-refractivity contribution is 0.303. The molecule has 164 valence electrons. The van der Waals surface area contributed by atoms with E-state index in [1.807, 2.05) is 36.4 Å². The fourth-order valence-electron chi connectivity index (χ4n) is 5.20. The van der Waals surface area contributed by atoms with E-state index in [1.165, 1.54) is 62.5 Å². The first-order chi connectivity index (χ1) is 15.1. The van der Waals surface area contributed by atoms with Crippen molar-refractivity contribution in [1.82, 2.24) is 0 Å². The molecule has 0 aliphatic heterocycles. The molecule has 0 aromatic heterocycles. The Morgan fingerprint density at radius 1 is 0.871 bits per heavy atom. The zero-order chi connectivity index (χ0) is 21.6. The van der Waals surface area contributed by atoms with Crippen molar-refractivity contribution in [1.29, 1.82) is 0 Å². The van der Waals surface area contributed by atoms with Crippen LogP contribution in [0.15, 0.2) is 54.6 Å². The summed E-state index contributed by atoms with van der Waals surface area (Å²) in [5.74, 6) is 1.50. The van der Waals surface area contributed by atoms with E-state index in [0.717, 1.165) is 33.7 Å². The van der Waals surface area contributed by atoms with Crippen LogP contribution in [0.4, 0.5) is 4.39 Å². The van der Waals surface area contributed by atoms with Gasteiger partial charge in [-0.25, -0.2) is 4.39 Å². The van der Waals surface area contributed by atoms with Gasteiger partial charge in [-0.15, -0.1) is 0 Å². The Hall–Kier alpha value is -1.86. The maximum Gasteiger partial charge on any atom is 0.134 e. The summed E-state index contributed by atoms with van der Waals surface area (Å²) in [5, 5.41) is 2.53. The zero-order valence-electron chi connectivity index (χ0n) is 18.7. The number of rotatable bonds is 8. The summed E-state index contributed by atoms with van der Waals surface area (Å²) in [6.07, 6.45) is 12.3. The van der Waals surface area contributed by atoms with E-state index in [1.54, 1.807) is 0 Å². The van der Waals surface area contributed by atoms with E-state index in [2.05, 4.69) is 25.1 Å². The molecule has 4 rings (SSSR count). The third-order valence-corrected chi connectivity index (χ3v) is 7.44. The van der Waals surface area contributed by atoms with Gasteiger partial charge in [0.25, 0.3) is 0 Å². The molecular weight excluding hydrogens is 403 g/mol. The van der Waals surface area contributed by atoms with Crippen LogP contribution >= 0.6 is 11.6 Å². The summed E-state index contributed by atoms with van der Waals surface area (Å²) >= 11 is 5.96. The van der Waals surface area contributed by atoms with E-state index < -0.39 is 0 Å². The van der Waals surface area contributed by atoms with Crippen molar-refractivity contribution < 1.29 is 4.39 Å². The third kappa shape index (κ3) is 5.69. The van der Waals surface area contributed by atoms with Gasteiger partial charge in [-0.2, -0.15) is 0 Å². The highest BCUT2D eigenvalue weighted by Crippen LogP contribution is 2.39. The van der Waals surface area contributed by atoms with Crippen molar-refractivity contribution in [3.63, 3.8) is 0 Å². The van der Waals surface area contributed by atoms with Crippen molar-refractivity contribution in [3.8, 4) is 0 Å². The van der Waals surface area contributed by atoms with E-state index in [-0.39, 0.29) is 5.82 Å². The third-order valence-electron chi connectivity index (χ3n) is 7.19. The Kier molecular flexibility index (Phi) is 7.67. The minimum atomic E-state index is -0.0577. The van der Waals surface area contributed by atoms with Gasteiger partial charge in [0.2, 0.25) is 0 Å². The molecule has 0 atom stereocenters. The second kappa shape index (κ2) is 10.6. The predicted octanol–water partition coefficient (Wildman–Crippen LogP) is 9.27. The van der Waals surface area contributed by atoms with Crippen molar-refractivity contribution in [3.05, 3.63) is 82.1 Å². The van der Waals surface area contributed by atoms with Gasteiger partial charge in [0, 0.05) is 10.4 Å². The molecule has 2 heteroatoms. The maximum atomic E-state index is 15.2. The average molecular weight is 437 g/mol. The second-order valence-corrected chi connectivity index (χ2v) is 9.80. The Morgan fingerprint density at radius 3 is 2.39 bits per heavy atom. The summed E-state index contributed by atoms with van der Waals surface area (Å²) < 4.78 is 15.2. The Morgan fingerprint density at radius 2 is 1.65 bits per heavy atom. The monoisotopic (exact) mass is 436 g/mol. The number of aryl methyl sites for hydroxylation is 2. The molecule has 0 radical (unpaired) electrons. The highest BCUT2D eigenvalue weighted by atomic mass is 35.5. The lowest BCUT2D eigenvalue weighted by Gasteiger charge is -2.29. The molecule has 3 aromatic rings. The van der Waals surface area contributed by atoms with Crippen LogP contribution in [-0.4, -0.2) is 0 Å². The maximum absolute atomic E-state index is 15.2. The van der Waals surface area contributed by atoms with Crippen LogP contribution in [0.5, 0.6) is 0 Å². The van der Waals surface area contributed by atoms with E-state index in [9.17, 15) is 0 Å². The lowest BCUT2D eigenvalue weighted by Crippen LogP contribution is -2.13. The van der Waals surface area contributed by atoms with Crippen molar-refractivity contribution in [2.45, 2.75) is 77.0 Å². The first-order valence-corrected chi connectivity index (χ1v) is 12.5. The van der Waals surface area contributed by atoms with Crippen LogP contribution < -0.4 is 0 Å². The molecule has 1 aliphatic carbocycles. The molecule has 0 nitrogen and oxygen atoms in total. The number of hydrogen-bond acceptors (Lipinski definition) is 0. The molecule has 0 saturated heterocycles. The molecule has 0 N–H and O–H groups in total. The number of benzene rings is 3. The van der Waals surface area contributed by atoms with Crippen LogP contribution in [-0.2, 0) is 12.8 Å². The first kappa shape index (κ1) is 22.3. The van der Waals surface area contributed by atoms with Gasteiger partial charge in [0.1, 0.15) is 5.82 Å². The largest absolute Gasteiger partial charge is 0.206 e. The minimum Gasteiger partial charge on any atom is -0.206 e. The molecule has 1 fully saturated rings. The molecule has 0 bridgehead atoms. The van der Waals surface area contributed by atoms with Gasteiger partial charge in [0.15, 0.2) is 0 Å². The van der Waals surface area contributed by atoms with Gasteiger partial charge in [-0.05, 0) is 84.6 Å². The highest BCUT2D eigenvalue weighted by molar-refractivity contribution is 6.30. The zero-order valence-corrected chi connectivity index (χ0v) is 19.4. The van der Waals surface area contributed by atoms with Crippen LogP contribution in [0.3, 0.4) is 0 Å². The molecule has 0 unspecified atom stereocenters. The summed E-state index contributed by atoms with van der Waals surface area (Å²) in [4.78, 5) is 0. The Balaban J connectivity index is 1.41. The smallest absolute Gasteiger partial charge is 0.134 e. The summed E-state index contributed by atoms with van der Waals surface area (Å²) in [5.41, 5.74) is 3.38. The van der Waals surface area contributed by atoms with Crippen LogP contribution in [0.2, 0.25) is 5.02 Å². The fourth-order valence-corrected chi connectivity index (χ4v) is 5.33. The van der Waals surface area contributed by atoms with Gasteiger partial charge in [-0.3, -0.25) is 0 Å². The number of unbranched alkanes of at least 4 members (excludes halogenated alkanes) is 2. The first-order valence-electron chi connectivity index (χ1n) is 12.1. The lowest BCUT2D eigenvalue weighted by atomic mass is 9.76. The minimum absolute atomic E-state index is 0.0577. The summed E-state index contributed by atoms with van der Waals surface area (Å²) in [7, 11) is 0. The average Bonchev–Trinajstić information content (AvgIpc) is 2.80. The Labute approximate surface area is 191 Å². The number of hydrogen-bond donors (Lipinski definition) is 0. The predicted molar refractivity (Wildman–Crippen MR) is 132 cm³/mol. The fraction of sp³-hybridized carbons (Fsp3) is 0.448. The topological polar surface area (TPSA) is 0 Å². The standard InChI is InChI=1S/C29H34ClF/c1-2-3-4-5-21-6-11-23(12-7-21)25-16-19-28-26(20-25)15-14-24(29(28)31)13-8-22-9-17-27(30)18-10-22/h9-10,14-21,23H,2-8,11-13H2,1H3. The second-order valence-electron chi connectivity index (χ2n) is 9.36. The van der Waals surface area contributed by atoms with Crippen molar-refractivity contribution in [2.75, 3.05) is 0 Å². The highest BCUT2D eigenvalue weighted by Gasteiger charge is 2.22. The number of halogens is 2. The summed E-state index contributed by atoms with van der Waals surface area (Å²) in [6.45, 7) is 2.28. The van der Waals surface area contributed by atoms with Gasteiger partial charge in [-0.1, -0.05) is 86.7 Å².